The normalized spacial score (nSPS) is 19.5. The molecule has 1 aliphatic heterocycles. The van der Waals surface area contributed by atoms with Gasteiger partial charge in [0, 0.05) is 22.2 Å². The third-order valence-electron chi connectivity index (χ3n) is 4.22. The molecule has 5 nitrogen and oxygen atoms in total. The standard InChI is InChI=1S/C18H20ClN3O2/c1-3-7-14-16(18(23)24-4-2)15(11-8-5-6-9-13(11)19)12-10-20-22-17(12)21-14/h5-6,8-10,15-16H,3-4,7H2,1-2H3,(H,20,22). The molecule has 3 rings (SSSR count). The summed E-state index contributed by atoms with van der Waals surface area (Å²) in [7, 11) is 0. The Balaban J connectivity index is 2.16. The predicted octanol–water partition coefficient (Wildman–Crippen LogP) is 4.26. The van der Waals surface area contributed by atoms with Gasteiger partial charge in [-0.3, -0.25) is 9.89 Å². The molecule has 6 heteroatoms. The first-order chi connectivity index (χ1) is 11.7. The highest BCUT2D eigenvalue weighted by molar-refractivity contribution is 6.31. The predicted molar refractivity (Wildman–Crippen MR) is 94.0 cm³/mol. The van der Waals surface area contributed by atoms with E-state index in [1.54, 1.807) is 6.20 Å². The van der Waals surface area contributed by atoms with Crippen LogP contribution in [0.4, 0.5) is 5.82 Å². The van der Waals surface area contributed by atoms with Gasteiger partial charge in [-0.05, 0) is 25.0 Å². The van der Waals surface area contributed by atoms with Crippen LogP contribution >= 0.6 is 11.6 Å². The maximum absolute atomic E-state index is 12.7. The van der Waals surface area contributed by atoms with Crippen LogP contribution in [0.1, 0.15) is 43.7 Å². The maximum Gasteiger partial charge on any atom is 0.315 e. The Morgan fingerprint density at radius 1 is 1.29 bits per heavy atom. The van der Waals surface area contributed by atoms with Crippen molar-refractivity contribution < 1.29 is 9.53 Å². The third-order valence-corrected chi connectivity index (χ3v) is 4.56. The van der Waals surface area contributed by atoms with Gasteiger partial charge in [0.25, 0.3) is 0 Å². The van der Waals surface area contributed by atoms with Crippen molar-refractivity contribution in [1.29, 1.82) is 0 Å². The number of ether oxygens (including phenoxy) is 1. The Morgan fingerprint density at radius 2 is 2.08 bits per heavy atom. The number of halogens is 1. The lowest BCUT2D eigenvalue weighted by molar-refractivity contribution is -0.146. The van der Waals surface area contributed by atoms with Crippen molar-refractivity contribution in [3.63, 3.8) is 0 Å². The summed E-state index contributed by atoms with van der Waals surface area (Å²) in [5.41, 5.74) is 2.59. The molecule has 126 valence electrons. The van der Waals surface area contributed by atoms with Crippen LogP contribution in [0.15, 0.2) is 35.5 Å². The molecule has 2 heterocycles. The monoisotopic (exact) mass is 345 g/mol. The minimum atomic E-state index is -0.477. The largest absolute Gasteiger partial charge is 0.465 e. The van der Waals surface area contributed by atoms with E-state index in [9.17, 15) is 4.79 Å². The van der Waals surface area contributed by atoms with Gasteiger partial charge in [0.05, 0.1) is 12.8 Å². The van der Waals surface area contributed by atoms with Gasteiger partial charge in [0.2, 0.25) is 0 Å². The lowest BCUT2D eigenvalue weighted by Crippen LogP contribution is -2.34. The van der Waals surface area contributed by atoms with Crippen molar-refractivity contribution in [1.82, 2.24) is 10.2 Å². The zero-order chi connectivity index (χ0) is 17.1. The number of aromatic nitrogens is 2. The number of aromatic amines is 1. The quantitative estimate of drug-likeness (QED) is 0.823. The van der Waals surface area contributed by atoms with Gasteiger partial charge in [-0.2, -0.15) is 5.10 Å². The highest BCUT2D eigenvalue weighted by Crippen LogP contribution is 2.44. The Labute approximate surface area is 146 Å². The molecule has 2 unspecified atom stereocenters. The molecule has 2 atom stereocenters. The van der Waals surface area contributed by atoms with Crippen molar-refractivity contribution >= 4 is 29.1 Å². The highest BCUT2D eigenvalue weighted by Gasteiger charge is 2.41. The van der Waals surface area contributed by atoms with Crippen molar-refractivity contribution in [2.45, 2.75) is 32.6 Å². The van der Waals surface area contributed by atoms with Crippen molar-refractivity contribution in [2.24, 2.45) is 10.9 Å². The summed E-state index contributed by atoms with van der Waals surface area (Å²) in [5, 5.41) is 7.67. The van der Waals surface area contributed by atoms with Crippen LogP contribution in [-0.4, -0.2) is 28.5 Å². The van der Waals surface area contributed by atoms with Crippen LogP contribution in [0, 0.1) is 5.92 Å². The fourth-order valence-corrected chi connectivity index (χ4v) is 3.49. The zero-order valence-electron chi connectivity index (χ0n) is 13.8. The molecule has 24 heavy (non-hydrogen) atoms. The topological polar surface area (TPSA) is 67.3 Å². The van der Waals surface area contributed by atoms with E-state index in [0.29, 0.717) is 17.4 Å². The van der Waals surface area contributed by atoms with Gasteiger partial charge in [0.15, 0.2) is 5.82 Å². The highest BCUT2D eigenvalue weighted by atomic mass is 35.5. The number of esters is 1. The van der Waals surface area contributed by atoms with Gasteiger partial charge < -0.3 is 4.74 Å². The SMILES string of the molecule is CCCC1=Nc2[nH]ncc2C(c2ccccc2Cl)C1C(=O)OCC. The summed E-state index contributed by atoms with van der Waals surface area (Å²) in [6.45, 7) is 4.21. The summed E-state index contributed by atoms with van der Waals surface area (Å²) in [4.78, 5) is 17.4. The summed E-state index contributed by atoms with van der Waals surface area (Å²) >= 11 is 6.44. The average Bonchev–Trinajstić information content (AvgIpc) is 3.03. The number of benzene rings is 1. The number of carbonyl (C=O) groups is 1. The second-order valence-corrected chi connectivity index (χ2v) is 6.16. The first kappa shape index (κ1) is 16.7. The Kier molecular flexibility index (Phi) is 5.00. The molecular weight excluding hydrogens is 326 g/mol. The number of carbonyl (C=O) groups excluding carboxylic acids is 1. The second-order valence-electron chi connectivity index (χ2n) is 5.76. The number of fused-ring (bicyclic) bond motifs is 1. The Morgan fingerprint density at radius 3 is 2.79 bits per heavy atom. The molecule has 1 aliphatic rings. The van der Waals surface area contributed by atoms with Crippen LogP contribution < -0.4 is 0 Å². The zero-order valence-corrected chi connectivity index (χ0v) is 14.5. The van der Waals surface area contributed by atoms with E-state index in [-0.39, 0.29) is 11.9 Å². The molecule has 0 spiro atoms. The van der Waals surface area contributed by atoms with E-state index in [4.69, 9.17) is 16.3 Å². The lowest BCUT2D eigenvalue weighted by atomic mass is 9.76. The number of rotatable bonds is 5. The first-order valence-corrected chi connectivity index (χ1v) is 8.56. The molecule has 0 saturated carbocycles. The Bertz CT molecular complexity index is 769. The molecule has 0 radical (unpaired) electrons. The molecule has 0 bridgehead atoms. The van der Waals surface area contributed by atoms with Gasteiger partial charge in [-0.15, -0.1) is 0 Å². The number of aliphatic imine (C=N–C) groups is 1. The average molecular weight is 346 g/mol. The van der Waals surface area contributed by atoms with Crippen LogP contribution in [0.3, 0.4) is 0 Å². The minimum absolute atomic E-state index is 0.245. The number of H-pyrrole nitrogens is 1. The van der Waals surface area contributed by atoms with Crippen molar-refractivity contribution in [3.05, 3.63) is 46.6 Å². The molecule has 2 aromatic rings. The molecule has 1 N–H and O–H groups in total. The molecule has 0 aliphatic carbocycles. The van der Waals surface area contributed by atoms with Crippen molar-refractivity contribution in [2.75, 3.05) is 6.61 Å². The van der Waals surface area contributed by atoms with Crippen LogP contribution in [0.25, 0.3) is 0 Å². The van der Waals surface area contributed by atoms with Gasteiger partial charge in [-0.25, -0.2) is 4.99 Å². The van der Waals surface area contributed by atoms with Gasteiger partial charge >= 0.3 is 5.97 Å². The minimum Gasteiger partial charge on any atom is -0.465 e. The van der Waals surface area contributed by atoms with E-state index in [2.05, 4.69) is 22.1 Å². The third kappa shape index (κ3) is 2.96. The smallest absolute Gasteiger partial charge is 0.315 e. The van der Waals surface area contributed by atoms with E-state index in [1.807, 2.05) is 31.2 Å². The lowest BCUT2D eigenvalue weighted by Gasteiger charge is -2.30. The molecule has 1 aromatic heterocycles. The maximum atomic E-state index is 12.7. The van der Waals surface area contributed by atoms with E-state index in [0.717, 1.165) is 29.7 Å². The van der Waals surface area contributed by atoms with E-state index < -0.39 is 5.92 Å². The molecule has 0 amide bonds. The molecular formula is C18H20ClN3O2. The molecule has 0 fully saturated rings. The molecule has 1 aromatic carbocycles. The van der Waals surface area contributed by atoms with Crippen molar-refractivity contribution in [3.8, 4) is 0 Å². The summed E-state index contributed by atoms with van der Waals surface area (Å²) in [6.07, 6.45) is 3.35. The fourth-order valence-electron chi connectivity index (χ4n) is 3.24. The first-order valence-electron chi connectivity index (χ1n) is 8.19. The van der Waals surface area contributed by atoms with E-state index in [1.165, 1.54) is 0 Å². The number of nitrogens with one attached hydrogen (secondary N) is 1. The number of hydrogen-bond donors (Lipinski definition) is 1. The fraction of sp³-hybridized carbons (Fsp3) is 0.389. The van der Waals surface area contributed by atoms with Crippen LogP contribution in [0.2, 0.25) is 5.02 Å². The summed E-state index contributed by atoms with van der Waals surface area (Å²) in [6, 6.07) is 7.59. The number of hydrogen-bond acceptors (Lipinski definition) is 4. The summed E-state index contributed by atoms with van der Waals surface area (Å²) in [5.74, 6) is -0.286. The summed E-state index contributed by atoms with van der Waals surface area (Å²) < 4.78 is 5.35. The van der Waals surface area contributed by atoms with Crippen LogP contribution in [-0.2, 0) is 9.53 Å². The molecule has 0 saturated heterocycles. The van der Waals surface area contributed by atoms with Gasteiger partial charge in [0.1, 0.15) is 5.92 Å². The van der Waals surface area contributed by atoms with E-state index >= 15 is 0 Å². The Hall–Kier alpha value is -2.14. The van der Waals surface area contributed by atoms with Crippen LogP contribution in [0.5, 0.6) is 0 Å². The second kappa shape index (κ2) is 7.18. The number of nitrogens with zero attached hydrogens (tertiary/aromatic N) is 2. The van der Waals surface area contributed by atoms with Gasteiger partial charge in [-0.1, -0.05) is 43.1 Å².